The van der Waals surface area contributed by atoms with Gasteiger partial charge in [0.2, 0.25) is 0 Å². The Hall–Kier alpha value is -0.0800. The summed E-state index contributed by atoms with van der Waals surface area (Å²) in [6.45, 7) is 8.72. The van der Waals surface area contributed by atoms with Crippen LogP contribution in [0.4, 0.5) is 0 Å². The summed E-state index contributed by atoms with van der Waals surface area (Å²) in [4.78, 5) is 0. The highest BCUT2D eigenvalue weighted by molar-refractivity contribution is 4.70. The van der Waals surface area contributed by atoms with Gasteiger partial charge in [0.1, 0.15) is 0 Å². The third-order valence-corrected chi connectivity index (χ3v) is 3.76. The van der Waals surface area contributed by atoms with Crippen molar-refractivity contribution in [2.45, 2.75) is 71.4 Å². The molecule has 2 unspecified atom stereocenters. The van der Waals surface area contributed by atoms with Crippen molar-refractivity contribution < 1.29 is 4.74 Å². The quantitative estimate of drug-likeness (QED) is 0.673. The summed E-state index contributed by atoms with van der Waals surface area (Å²) in [7, 11) is 0. The maximum Gasteiger partial charge on any atom is 0.0594 e. The third-order valence-electron chi connectivity index (χ3n) is 3.76. The van der Waals surface area contributed by atoms with Crippen LogP contribution in [0, 0.1) is 5.92 Å². The molecule has 1 N–H and O–H groups in total. The van der Waals surface area contributed by atoms with Gasteiger partial charge in [-0.25, -0.2) is 0 Å². The zero-order chi connectivity index (χ0) is 11.8. The Labute approximate surface area is 101 Å². The van der Waals surface area contributed by atoms with Crippen molar-refractivity contribution in [3.05, 3.63) is 0 Å². The van der Waals surface area contributed by atoms with Gasteiger partial charge in [0.05, 0.1) is 12.7 Å². The topological polar surface area (TPSA) is 21.3 Å². The Morgan fingerprint density at radius 2 is 2.00 bits per heavy atom. The highest BCUT2D eigenvalue weighted by atomic mass is 16.5. The molecule has 1 aliphatic rings. The molecule has 0 aromatic rings. The molecule has 0 aliphatic heterocycles. The van der Waals surface area contributed by atoms with E-state index in [2.05, 4.69) is 26.1 Å². The maximum absolute atomic E-state index is 5.93. The van der Waals surface area contributed by atoms with E-state index in [1.165, 1.54) is 38.5 Å². The zero-order valence-corrected chi connectivity index (χ0v) is 11.3. The molecule has 0 saturated heterocycles. The van der Waals surface area contributed by atoms with Gasteiger partial charge in [0, 0.05) is 12.6 Å². The summed E-state index contributed by atoms with van der Waals surface area (Å²) < 4.78 is 5.93. The number of ether oxygens (including phenoxy) is 1. The largest absolute Gasteiger partial charge is 0.377 e. The summed E-state index contributed by atoms with van der Waals surface area (Å²) in [5, 5.41) is 3.54. The first-order valence-electron chi connectivity index (χ1n) is 7.11. The predicted octanol–water partition coefficient (Wildman–Crippen LogP) is 3.36. The second-order valence-electron chi connectivity index (χ2n) is 5.23. The van der Waals surface area contributed by atoms with Gasteiger partial charge >= 0.3 is 0 Å². The molecule has 1 rings (SSSR count). The fourth-order valence-corrected chi connectivity index (χ4v) is 2.60. The van der Waals surface area contributed by atoms with Gasteiger partial charge in [-0.2, -0.15) is 0 Å². The highest BCUT2D eigenvalue weighted by Crippen LogP contribution is 2.25. The maximum atomic E-state index is 5.93. The average molecular weight is 227 g/mol. The van der Waals surface area contributed by atoms with Gasteiger partial charge < -0.3 is 10.1 Å². The molecule has 2 nitrogen and oxygen atoms in total. The fourth-order valence-electron chi connectivity index (χ4n) is 2.60. The summed E-state index contributed by atoms with van der Waals surface area (Å²) in [5.41, 5.74) is 0. The summed E-state index contributed by atoms with van der Waals surface area (Å²) in [6.07, 6.45) is 8.26. The van der Waals surface area contributed by atoms with E-state index in [9.17, 15) is 0 Å². The fraction of sp³-hybridized carbons (Fsp3) is 1.00. The van der Waals surface area contributed by atoms with Crippen LogP contribution in [0.15, 0.2) is 0 Å². The monoisotopic (exact) mass is 227 g/mol. The Kier molecular flexibility index (Phi) is 7.06. The van der Waals surface area contributed by atoms with Crippen LogP contribution in [-0.2, 0) is 4.74 Å². The Morgan fingerprint density at radius 3 is 2.62 bits per heavy atom. The van der Waals surface area contributed by atoms with Gasteiger partial charge in [-0.1, -0.05) is 33.6 Å². The van der Waals surface area contributed by atoms with Crippen LogP contribution in [0.1, 0.15) is 59.3 Å². The van der Waals surface area contributed by atoms with E-state index in [1.54, 1.807) is 0 Å². The van der Waals surface area contributed by atoms with Crippen LogP contribution >= 0.6 is 0 Å². The standard InChI is InChI=1S/C14H29NO/c1-4-13(5-2)15-9-10-16-14-8-6-7-12(3)11-14/h12-15H,4-11H2,1-3H3. The van der Waals surface area contributed by atoms with Gasteiger partial charge in [-0.3, -0.25) is 0 Å². The van der Waals surface area contributed by atoms with E-state index < -0.39 is 0 Å². The van der Waals surface area contributed by atoms with E-state index in [4.69, 9.17) is 4.74 Å². The molecule has 0 aromatic carbocycles. The molecule has 1 aliphatic carbocycles. The molecule has 2 atom stereocenters. The van der Waals surface area contributed by atoms with Gasteiger partial charge in [-0.15, -0.1) is 0 Å². The van der Waals surface area contributed by atoms with Crippen molar-refractivity contribution in [1.82, 2.24) is 5.32 Å². The van der Waals surface area contributed by atoms with Crippen LogP contribution in [0.5, 0.6) is 0 Å². The number of rotatable bonds is 7. The van der Waals surface area contributed by atoms with E-state index in [0.717, 1.165) is 19.1 Å². The van der Waals surface area contributed by atoms with Crippen LogP contribution in [-0.4, -0.2) is 25.3 Å². The number of nitrogens with one attached hydrogen (secondary N) is 1. The molecule has 1 fully saturated rings. The first kappa shape index (κ1) is 14.0. The zero-order valence-electron chi connectivity index (χ0n) is 11.3. The third kappa shape index (κ3) is 5.31. The van der Waals surface area contributed by atoms with E-state index >= 15 is 0 Å². The van der Waals surface area contributed by atoms with Crippen molar-refractivity contribution in [3.8, 4) is 0 Å². The predicted molar refractivity (Wildman–Crippen MR) is 69.7 cm³/mol. The second kappa shape index (κ2) is 8.08. The Morgan fingerprint density at radius 1 is 1.25 bits per heavy atom. The molecule has 0 amide bonds. The smallest absolute Gasteiger partial charge is 0.0594 e. The lowest BCUT2D eigenvalue weighted by Crippen LogP contribution is -2.32. The lowest BCUT2D eigenvalue weighted by Gasteiger charge is -2.27. The van der Waals surface area contributed by atoms with Crippen LogP contribution in [0.3, 0.4) is 0 Å². The molecular formula is C14H29NO. The van der Waals surface area contributed by atoms with Crippen molar-refractivity contribution in [1.29, 1.82) is 0 Å². The minimum Gasteiger partial charge on any atom is -0.377 e. The van der Waals surface area contributed by atoms with Crippen LogP contribution in [0.25, 0.3) is 0 Å². The van der Waals surface area contributed by atoms with Crippen LogP contribution in [0.2, 0.25) is 0 Å². The summed E-state index contributed by atoms with van der Waals surface area (Å²) >= 11 is 0. The summed E-state index contributed by atoms with van der Waals surface area (Å²) in [6, 6.07) is 0.675. The molecule has 0 bridgehead atoms. The molecule has 16 heavy (non-hydrogen) atoms. The SMILES string of the molecule is CCC(CC)NCCOC1CCCC(C)C1. The van der Waals surface area contributed by atoms with Crippen molar-refractivity contribution >= 4 is 0 Å². The van der Waals surface area contributed by atoms with Gasteiger partial charge in [0.15, 0.2) is 0 Å². The van der Waals surface area contributed by atoms with E-state index in [-0.39, 0.29) is 0 Å². The number of hydrogen-bond acceptors (Lipinski definition) is 2. The van der Waals surface area contributed by atoms with Crippen LogP contribution < -0.4 is 5.32 Å². The molecule has 0 aromatic heterocycles. The lowest BCUT2D eigenvalue weighted by atomic mass is 9.89. The van der Waals surface area contributed by atoms with E-state index in [1.807, 2.05) is 0 Å². The molecule has 0 spiro atoms. The molecule has 96 valence electrons. The summed E-state index contributed by atoms with van der Waals surface area (Å²) in [5.74, 6) is 0.866. The van der Waals surface area contributed by atoms with Gasteiger partial charge in [0.25, 0.3) is 0 Å². The first-order valence-corrected chi connectivity index (χ1v) is 7.11. The van der Waals surface area contributed by atoms with Gasteiger partial charge in [-0.05, 0) is 31.6 Å². The second-order valence-corrected chi connectivity index (χ2v) is 5.23. The minimum atomic E-state index is 0.534. The normalized spacial score (nSPS) is 26.2. The molecule has 2 heteroatoms. The highest BCUT2D eigenvalue weighted by Gasteiger charge is 2.18. The van der Waals surface area contributed by atoms with Crippen molar-refractivity contribution in [2.75, 3.05) is 13.2 Å². The average Bonchev–Trinajstić information content (AvgIpc) is 2.29. The Bertz CT molecular complexity index is 168. The Balaban J connectivity index is 2.02. The first-order chi connectivity index (χ1) is 7.76. The molecule has 1 saturated carbocycles. The molecule has 0 heterocycles. The molecular weight excluding hydrogens is 198 g/mol. The lowest BCUT2D eigenvalue weighted by molar-refractivity contribution is 0.0165. The van der Waals surface area contributed by atoms with Crippen molar-refractivity contribution in [3.63, 3.8) is 0 Å². The molecule has 0 radical (unpaired) electrons. The van der Waals surface area contributed by atoms with Crippen molar-refractivity contribution in [2.24, 2.45) is 5.92 Å². The number of hydrogen-bond donors (Lipinski definition) is 1. The van der Waals surface area contributed by atoms with E-state index in [0.29, 0.717) is 12.1 Å². The minimum absolute atomic E-state index is 0.534.